The lowest BCUT2D eigenvalue weighted by atomic mass is 10.1. The summed E-state index contributed by atoms with van der Waals surface area (Å²) in [5.74, 6) is 0.876. The van der Waals surface area contributed by atoms with Crippen molar-refractivity contribution in [2.45, 2.75) is 32.3 Å². The lowest BCUT2D eigenvalue weighted by Crippen LogP contribution is -2.36. The van der Waals surface area contributed by atoms with Crippen molar-refractivity contribution in [3.05, 3.63) is 29.8 Å². The number of aryl methyl sites for hydroxylation is 1. The van der Waals surface area contributed by atoms with Gasteiger partial charge in [0, 0.05) is 6.61 Å². The topological polar surface area (TPSA) is 47.6 Å². The Labute approximate surface area is 114 Å². The van der Waals surface area contributed by atoms with Crippen LogP contribution in [0.3, 0.4) is 0 Å². The summed E-state index contributed by atoms with van der Waals surface area (Å²) in [6.07, 6.45) is 2.48. The monoisotopic (exact) mass is 263 g/mol. The molecule has 0 aliphatic carbocycles. The van der Waals surface area contributed by atoms with E-state index in [2.05, 4.69) is 18.3 Å². The second-order valence-electron chi connectivity index (χ2n) is 4.60. The molecule has 1 aliphatic rings. The van der Waals surface area contributed by atoms with Crippen molar-refractivity contribution in [1.82, 2.24) is 5.32 Å². The van der Waals surface area contributed by atoms with E-state index in [1.165, 1.54) is 5.56 Å². The highest BCUT2D eigenvalue weighted by Gasteiger charge is 2.22. The molecule has 4 heteroatoms. The summed E-state index contributed by atoms with van der Waals surface area (Å²) in [5, 5.41) is 2.84. The molecule has 0 spiro atoms. The van der Waals surface area contributed by atoms with E-state index < -0.39 is 0 Å². The molecule has 1 heterocycles. The van der Waals surface area contributed by atoms with Crippen LogP contribution < -0.4 is 10.1 Å². The molecule has 1 atom stereocenters. The smallest absolute Gasteiger partial charge is 0.249 e. The van der Waals surface area contributed by atoms with E-state index in [0.717, 1.165) is 25.0 Å². The molecular formula is C15H21NO3. The van der Waals surface area contributed by atoms with Gasteiger partial charge in [-0.15, -0.1) is 0 Å². The van der Waals surface area contributed by atoms with E-state index in [1.54, 1.807) is 0 Å². The molecule has 1 fully saturated rings. The fraction of sp³-hybridized carbons (Fsp3) is 0.533. The van der Waals surface area contributed by atoms with Gasteiger partial charge in [0.25, 0.3) is 0 Å². The van der Waals surface area contributed by atoms with Gasteiger partial charge in [0.2, 0.25) is 5.91 Å². The van der Waals surface area contributed by atoms with Crippen molar-refractivity contribution < 1.29 is 14.3 Å². The summed E-state index contributed by atoms with van der Waals surface area (Å²) in [4.78, 5) is 11.7. The first-order valence-corrected chi connectivity index (χ1v) is 6.91. The summed E-state index contributed by atoms with van der Waals surface area (Å²) >= 11 is 0. The van der Waals surface area contributed by atoms with Gasteiger partial charge < -0.3 is 14.8 Å². The van der Waals surface area contributed by atoms with Crippen LogP contribution in [0.25, 0.3) is 0 Å². The molecule has 1 N–H and O–H groups in total. The van der Waals surface area contributed by atoms with Gasteiger partial charge in [0.15, 0.2) is 0 Å². The number of carbonyl (C=O) groups is 1. The van der Waals surface area contributed by atoms with Crippen LogP contribution in [-0.4, -0.2) is 31.8 Å². The zero-order valence-corrected chi connectivity index (χ0v) is 11.4. The Bertz CT molecular complexity index is 414. The Morgan fingerprint density at radius 3 is 3.05 bits per heavy atom. The van der Waals surface area contributed by atoms with Gasteiger partial charge >= 0.3 is 0 Å². The first kappa shape index (κ1) is 13.9. The van der Waals surface area contributed by atoms with E-state index in [-0.39, 0.29) is 12.0 Å². The van der Waals surface area contributed by atoms with Gasteiger partial charge in [-0.3, -0.25) is 4.79 Å². The molecule has 1 aromatic rings. The van der Waals surface area contributed by atoms with Crippen LogP contribution in [0.4, 0.5) is 0 Å². The molecular weight excluding hydrogens is 242 g/mol. The Hall–Kier alpha value is -1.55. The van der Waals surface area contributed by atoms with Crippen LogP contribution in [0.2, 0.25) is 0 Å². The third-order valence-corrected chi connectivity index (χ3v) is 3.23. The third-order valence-electron chi connectivity index (χ3n) is 3.23. The molecule has 1 aromatic carbocycles. The van der Waals surface area contributed by atoms with Crippen molar-refractivity contribution in [3.8, 4) is 5.75 Å². The number of amides is 1. The molecule has 1 saturated heterocycles. The number of para-hydroxylation sites is 1. The SMILES string of the molecule is CCc1ccccc1OCCNC(=O)C1CCCO1. The zero-order chi connectivity index (χ0) is 13.5. The minimum absolute atomic E-state index is 0.0233. The highest BCUT2D eigenvalue weighted by Crippen LogP contribution is 2.17. The third kappa shape index (κ3) is 3.96. The number of carbonyl (C=O) groups excluding carboxylic acids is 1. The van der Waals surface area contributed by atoms with Gasteiger partial charge in [-0.2, -0.15) is 0 Å². The lowest BCUT2D eigenvalue weighted by Gasteiger charge is -2.12. The second kappa shape index (κ2) is 7.14. The Balaban J connectivity index is 1.70. The molecule has 19 heavy (non-hydrogen) atoms. The van der Waals surface area contributed by atoms with E-state index in [9.17, 15) is 4.79 Å². The Morgan fingerprint density at radius 2 is 2.32 bits per heavy atom. The van der Waals surface area contributed by atoms with Gasteiger partial charge in [-0.1, -0.05) is 25.1 Å². The largest absolute Gasteiger partial charge is 0.491 e. The lowest BCUT2D eigenvalue weighted by molar-refractivity contribution is -0.130. The highest BCUT2D eigenvalue weighted by atomic mass is 16.5. The predicted octanol–water partition coefficient (Wildman–Crippen LogP) is 1.92. The number of hydrogen-bond donors (Lipinski definition) is 1. The standard InChI is InChI=1S/C15H21NO3/c1-2-12-6-3-4-7-13(12)19-11-9-16-15(17)14-8-5-10-18-14/h3-4,6-7,14H,2,5,8-11H2,1H3,(H,16,17). The first-order chi connectivity index (χ1) is 9.31. The van der Waals surface area contributed by atoms with Crippen molar-refractivity contribution in [2.75, 3.05) is 19.8 Å². The van der Waals surface area contributed by atoms with Crippen LogP contribution >= 0.6 is 0 Å². The average Bonchev–Trinajstić information content (AvgIpc) is 2.98. The number of benzene rings is 1. The van der Waals surface area contributed by atoms with Crippen LogP contribution in [0.5, 0.6) is 5.75 Å². The molecule has 4 nitrogen and oxygen atoms in total. The van der Waals surface area contributed by atoms with E-state index >= 15 is 0 Å². The molecule has 0 bridgehead atoms. The zero-order valence-electron chi connectivity index (χ0n) is 11.4. The molecule has 0 radical (unpaired) electrons. The molecule has 1 aliphatic heterocycles. The molecule has 1 amide bonds. The van der Waals surface area contributed by atoms with Crippen LogP contribution in [0.1, 0.15) is 25.3 Å². The van der Waals surface area contributed by atoms with Crippen LogP contribution in [-0.2, 0) is 16.0 Å². The Morgan fingerprint density at radius 1 is 1.47 bits per heavy atom. The number of ether oxygens (including phenoxy) is 2. The normalized spacial score (nSPS) is 18.3. The van der Waals surface area contributed by atoms with Crippen molar-refractivity contribution in [2.24, 2.45) is 0 Å². The predicted molar refractivity (Wildman–Crippen MR) is 73.3 cm³/mol. The number of rotatable bonds is 6. The van der Waals surface area contributed by atoms with Crippen molar-refractivity contribution >= 4 is 5.91 Å². The molecule has 104 valence electrons. The van der Waals surface area contributed by atoms with E-state index in [0.29, 0.717) is 19.8 Å². The molecule has 2 rings (SSSR count). The fourth-order valence-electron chi connectivity index (χ4n) is 2.17. The maximum Gasteiger partial charge on any atom is 0.249 e. The van der Waals surface area contributed by atoms with Crippen LogP contribution in [0.15, 0.2) is 24.3 Å². The number of hydrogen-bond acceptors (Lipinski definition) is 3. The van der Waals surface area contributed by atoms with Gasteiger partial charge in [-0.25, -0.2) is 0 Å². The number of nitrogens with one attached hydrogen (secondary N) is 1. The minimum Gasteiger partial charge on any atom is -0.491 e. The minimum atomic E-state index is -0.261. The fourth-order valence-corrected chi connectivity index (χ4v) is 2.17. The first-order valence-electron chi connectivity index (χ1n) is 6.91. The summed E-state index contributed by atoms with van der Waals surface area (Å²) in [7, 11) is 0. The van der Waals surface area contributed by atoms with Gasteiger partial charge in [-0.05, 0) is 30.9 Å². The maximum absolute atomic E-state index is 11.7. The highest BCUT2D eigenvalue weighted by molar-refractivity contribution is 5.80. The van der Waals surface area contributed by atoms with Gasteiger partial charge in [0.1, 0.15) is 18.5 Å². The van der Waals surface area contributed by atoms with Crippen molar-refractivity contribution in [1.29, 1.82) is 0 Å². The van der Waals surface area contributed by atoms with Crippen LogP contribution in [0, 0.1) is 0 Å². The molecule has 1 unspecified atom stereocenters. The summed E-state index contributed by atoms with van der Waals surface area (Å²) in [6, 6.07) is 7.98. The summed E-state index contributed by atoms with van der Waals surface area (Å²) in [6.45, 7) is 3.78. The Kier molecular flexibility index (Phi) is 5.21. The molecule has 0 saturated carbocycles. The second-order valence-corrected chi connectivity index (χ2v) is 4.60. The summed E-state index contributed by atoms with van der Waals surface area (Å²) < 4.78 is 11.0. The summed E-state index contributed by atoms with van der Waals surface area (Å²) in [5.41, 5.74) is 1.19. The van der Waals surface area contributed by atoms with Gasteiger partial charge in [0.05, 0.1) is 6.54 Å². The van der Waals surface area contributed by atoms with Crippen molar-refractivity contribution in [3.63, 3.8) is 0 Å². The quantitative estimate of drug-likeness (QED) is 0.798. The maximum atomic E-state index is 11.7. The average molecular weight is 263 g/mol. The van der Waals surface area contributed by atoms with E-state index in [1.807, 2.05) is 18.2 Å². The van der Waals surface area contributed by atoms with E-state index in [4.69, 9.17) is 9.47 Å². The molecule has 0 aromatic heterocycles.